The fourth-order valence-corrected chi connectivity index (χ4v) is 1.30. The molecule has 0 aromatic carbocycles. The van der Waals surface area contributed by atoms with Gasteiger partial charge in [-0.15, -0.1) is 0 Å². The van der Waals surface area contributed by atoms with Crippen molar-refractivity contribution in [1.29, 1.82) is 0 Å². The van der Waals surface area contributed by atoms with Gasteiger partial charge in [0.15, 0.2) is 0 Å². The molecule has 1 heterocycles. The summed E-state index contributed by atoms with van der Waals surface area (Å²) in [6.45, 7) is 0. The van der Waals surface area contributed by atoms with Gasteiger partial charge < -0.3 is 0 Å². The Morgan fingerprint density at radius 1 is 1.50 bits per heavy atom. The van der Waals surface area contributed by atoms with Gasteiger partial charge >= 0.3 is 0 Å². The molecule has 2 radical (unpaired) electrons. The van der Waals surface area contributed by atoms with Gasteiger partial charge in [-0.3, -0.25) is 4.98 Å². The fraction of sp³-hybridized carbons (Fsp3) is 0.333. The molecular weight excluding hydrogens is 122 g/mol. The lowest BCUT2D eigenvalue weighted by Crippen LogP contribution is -2.00. The summed E-state index contributed by atoms with van der Waals surface area (Å²) < 4.78 is 0. The Balaban J connectivity index is 2.41. The third-order valence-electron chi connectivity index (χ3n) is 1.85. The molecule has 10 heavy (non-hydrogen) atoms. The second-order valence-electron chi connectivity index (χ2n) is 2.56. The Morgan fingerprint density at radius 3 is 3.40 bits per heavy atom. The van der Waals surface area contributed by atoms with Crippen molar-refractivity contribution >= 4 is 0 Å². The maximum Gasteiger partial charge on any atom is 0.0308 e. The van der Waals surface area contributed by atoms with Crippen molar-refractivity contribution in [2.45, 2.75) is 19.3 Å². The number of pyridine rings is 1. The van der Waals surface area contributed by atoms with E-state index in [1.165, 1.54) is 24.0 Å². The molecule has 0 N–H and O–H groups in total. The van der Waals surface area contributed by atoms with E-state index in [0.29, 0.717) is 0 Å². The van der Waals surface area contributed by atoms with Gasteiger partial charge in [-0.25, -0.2) is 0 Å². The van der Waals surface area contributed by atoms with Crippen LogP contribution in [0, 0.1) is 6.42 Å². The smallest absolute Gasteiger partial charge is 0.0308 e. The molecule has 1 aliphatic carbocycles. The minimum Gasteiger partial charge on any atom is -0.264 e. The Bertz CT molecular complexity index is 205. The van der Waals surface area contributed by atoms with E-state index in [0.717, 1.165) is 6.42 Å². The van der Waals surface area contributed by atoms with Crippen LogP contribution in [0.2, 0.25) is 0 Å². The molecule has 1 heteroatoms. The predicted octanol–water partition coefficient (Wildman–Crippen LogP) is 1.85. The molecule has 0 unspecified atom stereocenters. The van der Waals surface area contributed by atoms with Gasteiger partial charge in [-0.1, -0.05) is 0 Å². The van der Waals surface area contributed by atoms with Crippen LogP contribution in [0.15, 0.2) is 18.5 Å². The van der Waals surface area contributed by atoms with Crippen LogP contribution in [0.5, 0.6) is 0 Å². The highest BCUT2D eigenvalue weighted by molar-refractivity contribution is 5.31. The maximum atomic E-state index is 4.04. The number of hydrogen-bond acceptors (Lipinski definition) is 1. The minimum atomic E-state index is 1.10. The molecule has 0 amide bonds. The van der Waals surface area contributed by atoms with Crippen molar-refractivity contribution in [1.82, 2.24) is 4.98 Å². The van der Waals surface area contributed by atoms with Crippen molar-refractivity contribution in [3.63, 3.8) is 0 Å². The highest BCUT2D eigenvalue weighted by Gasteiger charge is 2.07. The molecular formula is C9H9N. The predicted molar refractivity (Wildman–Crippen MR) is 39.5 cm³/mol. The molecule has 1 aliphatic rings. The summed E-state index contributed by atoms with van der Waals surface area (Å²) in [6, 6.07) is 2.08. The second kappa shape index (κ2) is 2.41. The number of hydrogen-bond donors (Lipinski definition) is 0. The van der Waals surface area contributed by atoms with E-state index < -0.39 is 0 Å². The van der Waals surface area contributed by atoms with Crippen LogP contribution >= 0.6 is 0 Å². The highest BCUT2D eigenvalue weighted by Crippen LogP contribution is 2.20. The topological polar surface area (TPSA) is 12.9 Å². The monoisotopic (exact) mass is 131 g/mol. The molecule has 0 spiro atoms. The zero-order chi connectivity index (χ0) is 6.81. The zero-order valence-electron chi connectivity index (χ0n) is 5.80. The van der Waals surface area contributed by atoms with E-state index in [9.17, 15) is 0 Å². The Kier molecular flexibility index (Phi) is 1.42. The Hall–Kier alpha value is -0.850. The molecule has 0 fully saturated rings. The molecule has 0 saturated heterocycles. The highest BCUT2D eigenvalue weighted by atomic mass is 14.6. The summed E-state index contributed by atoms with van der Waals surface area (Å²) in [6.07, 6.45) is 10.6. The number of aryl methyl sites for hydroxylation is 1. The Morgan fingerprint density at radius 2 is 2.50 bits per heavy atom. The Labute approximate surface area is 61.1 Å². The van der Waals surface area contributed by atoms with Crippen LogP contribution in [0.4, 0.5) is 0 Å². The van der Waals surface area contributed by atoms with Gasteiger partial charge in [0.05, 0.1) is 0 Å². The van der Waals surface area contributed by atoms with E-state index in [1.54, 1.807) is 0 Å². The van der Waals surface area contributed by atoms with Crippen LogP contribution < -0.4 is 0 Å². The summed E-state index contributed by atoms with van der Waals surface area (Å²) >= 11 is 0. The number of aromatic nitrogens is 1. The molecule has 0 atom stereocenters. The van der Waals surface area contributed by atoms with Gasteiger partial charge in [0, 0.05) is 18.8 Å². The van der Waals surface area contributed by atoms with E-state index >= 15 is 0 Å². The molecule has 50 valence electrons. The van der Waals surface area contributed by atoms with Crippen LogP contribution in [-0.4, -0.2) is 4.98 Å². The van der Waals surface area contributed by atoms with E-state index in [-0.39, 0.29) is 0 Å². The van der Waals surface area contributed by atoms with Crippen molar-refractivity contribution in [3.05, 3.63) is 36.0 Å². The maximum absolute atomic E-state index is 4.04. The van der Waals surface area contributed by atoms with Gasteiger partial charge in [-0.2, -0.15) is 0 Å². The van der Waals surface area contributed by atoms with Gasteiger partial charge in [0.2, 0.25) is 0 Å². The lowest BCUT2D eigenvalue weighted by Gasteiger charge is -2.12. The lowest BCUT2D eigenvalue weighted by molar-refractivity contribution is 0.771. The fourth-order valence-electron chi connectivity index (χ4n) is 1.30. The van der Waals surface area contributed by atoms with Gasteiger partial charge in [0.1, 0.15) is 0 Å². The number of rotatable bonds is 0. The van der Waals surface area contributed by atoms with Crippen LogP contribution in [0.1, 0.15) is 24.0 Å². The van der Waals surface area contributed by atoms with Crippen LogP contribution in [0.3, 0.4) is 0 Å². The molecule has 0 bridgehead atoms. The van der Waals surface area contributed by atoms with Crippen LogP contribution in [-0.2, 0) is 6.42 Å². The third-order valence-corrected chi connectivity index (χ3v) is 1.85. The lowest BCUT2D eigenvalue weighted by atomic mass is 9.94. The second-order valence-corrected chi connectivity index (χ2v) is 2.56. The number of fused-ring (bicyclic) bond motifs is 1. The number of nitrogens with zero attached hydrogens (tertiary/aromatic N) is 1. The molecule has 1 nitrogen and oxygen atoms in total. The van der Waals surface area contributed by atoms with E-state index in [1.807, 2.05) is 12.4 Å². The average molecular weight is 131 g/mol. The van der Waals surface area contributed by atoms with Crippen molar-refractivity contribution in [2.75, 3.05) is 0 Å². The summed E-state index contributed by atoms with van der Waals surface area (Å²) in [5.41, 5.74) is 2.62. The largest absolute Gasteiger partial charge is 0.264 e. The summed E-state index contributed by atoms with van der Waals surface area (Å²) in [7, 11) is 0. The summed E-state index contributed by atoms with van der Waals surface area (Å²) in [4.78, 5) is 4.04. The molecule has 0 saturated carbocycles. The third kappa shape index (κ3) is 0.919. The van der Waals surface area contributed by atoms with E-state index in [2.05, 4.69) is 17.5 Å². The van der Waals surface area contributed by atoms with Gasteiger partial charge in [0.25, 0.3) is 0 Å². The first-order valence-corrected chi connectivity index (χ1v) is 3.63. The van der Waals surface area contributed by atoms with Crippen molar-refractivity contribution in [3.8, 4) is 0 Å². The first-order chi connectivity index (χ1) is 4.97. The standard InChI is InChI=1S/C9H9N/c1-2-4-9-7-10-6-5-8(9)3-1/h5-7H,1-3H2. The van der Waals surface area contributed by atoms with Gasteiger partial charge in [-0.05, 0) is 36.5 Å². The first-order valence-electron chi connectivity index (χ1n) is 3.63. The summed E-state index contributed by atoms with van der Waals surface area (Å²) in [5.74, 6) is 0. The minimum absolute atomic E-state index is 1.10. The van der Waals surface area contributed by atoms with E-state index in [4.69, 9.17) is 0 Å². The average Bonchev–Trinajstić information content (AvgIpc) is 2.05. The SMILES string of the molecule is [C]1CCCc2ccncc21. The molecule has 1 aromatic rings. The van der Waals surface area contributed by atoms with Crippen molar-refractivity contribution < 1.29 is 0 Å². The van der Waals surface area contributed by atoms with Crippen LogP contribution in [0.25, 0.3) is 0 Å². The molecule has 1 aromatic heterocycles. The quantitative estimate of drug-likeness (QED) is 0.523. The molecule has 0 aliphatic heterocycles. The first kappa shape index (κ1) is 5.90. The summed E-state index contributed by atoms with van der Waals surface area (Å²) in [5, 5.41) is 0. The normalized spacial score (nSPS) is 16.4. The van der Waals surface area contributed by atoms with Crippen molar-refractivity contribution in [2.24, 2.45) is 0 Å². The zero-order valence-corrected chi connectivity index (χ0v) is 5.80. The molecule has 2 rings (SSSR count).